The summed E-state index contributed by atoms with van der Waals surface area (Å²) < 4.78 is 103. The van der Waals surface area contributed by atoms with Crippen LogP contribution in [0.1, 0.15) is 58.7 Å². The number of fused-ring (bicyclic) bond motifs is 1. The first-order chi connectivity index (χ1) is 14.5. The van der Waals surface area contributed by atoms with E-state index in [0.717, 1.165) is 4.68 Å². The summed E-state index contributed by atoms with van der Waals surface area (Å²) in [5, 5.41) is 3.46. The molecule has 31 heavy (non-hydrogen) atoms. The highest BCUT2D eigenvalue weighted by Crippen LogP contribution is 2.51. The van der Waals surface area contributed by atoms with E-state index in [1.54, 1.807) is 6.07 Å². The summed E-state index contributed by atoms with van der Waals surface area (Å²) in [6.45, 7) is 0. The molecule has 1 saturated carbocycles. The highest BCUT2D eigenvalue weighted by Gasteiger charge is 2.58. The van der Waals surface area contributed by atoms with E-state index >= 15 is 0 Å². The molecule has 1 fully saturated rings. The van der Waals surface area contributed by atoms with Gasteiger partial charge < -0.3 is 4.74 Å². The van der Waals surface area contributed by atoms with Crippen LogP contribution < -0.4 is 0 Å². The first kappa shape index (κ1) is 21.6. The van der Waals surface area contributed by atoms with Crippen LogP contribution in [0.5, 0.6) is 0 Å². The van der Waals surface area contributed by atoms with Crippen molar-refractivity contribution in [2.75, 3.05) is 0 Å². The van der Waals surface area contributed by atoms with Gasteiger partial charge in [-0.1, -0.05) is 18.2 Å². The van der Waals surface area contributed by atoms with Crippen LogP contribution in [-0.4, -0.2) is 34.0 Å². The van der Waals surface area contributed by atoms with Crippen molar-refractivity contribution < 1.29 is 40.3 Å². The third-order valence-electron chi connectivity index (χ3n) is 5.61. The molecule has 168 valence electrons. The molecule has 0 N–H and O–H groups in total. The summed E-state index contributed by atoms with van der Waals surface area (Å²) in [6.07, 6.45) is -13.3. The van der Waals surface area contributed by atoms with E-state index < -0.39 is 72.4 Å². The lowest BCUT2D eigenvalue weighted by atomic mass is 9.92. The molecular weight excluding hydrogens is 433 g/mol. The van der Waals surface area contributed by atoms with Crippen LogP contribution in [0.3, 0.4) is 0 Å². The van der Waals surface area contributed by atoms with Gasteiger partial charge in [-0.25, -0.2) is 22.4 Å². The highest BCUT2D eigenvalue weighted by molar-refractivity contribution is 5.89. The third-order valence-corrected chi connectivity index (χ3v) is 5.61. The van der Waals surface area contributed by atoms with Crippen molar-refractivity contribution in [1.82, 2.24) is 9.78 Å². The van der Waals surface area contributed by atoms with Crippen molar-refractivity contribution >= 4 is 5.97 Å². The van der Waals surface area contributed by atoms with E-state index in [-0.39, 0.29) is 18.4 Å². The maximum absolute atomic E-state index is 14.7. The number of carbonyl (C=O) groups is 1. The Morgan fingerprint density at radius 1 is 1.10 bits per heavy atom. The molecule has 2 aromatic rings. The molecule has 1 heterocycles. The normalized spacial score (nSPS) is 27.7. The second kappa shape index (κ2) is 7.52. The van der Waals surface area contributed by atoms with Gasteiger partial charge in [-0.3, -0.25) is 4.68 Å². The Morgan fingerprint density at radius 3 is 2.39 bits per heavy atom. The minimum atomic E-state index is -5.11. The zero-order valence-corrected chi connectivity index (χ0v) is 15.9. The van der Waals surface area contributed by atoms with Crippen LogP contribution in [0.4, 0.5) is 30.7 Å². The number of benzene rings is 1. The molecule has 2 aliphatic rings. The van der Waals surface area contributed by atoms with Gasteiger partial charge in [0.05, 0.1) is 29.3 Å². The van der Waals surface area contributed by atoms with Crippen LogP contribution in [0.25, 0.3) is 0 Å². The molecule has 4 atom stereocenters. The Balaban J connectivity index is 1.75. The number of carbonyl (C=O) groups excluding carboxylic acids is 1. The predicted octanol–water partition coefficient (Wildman–Crippen LogP) is 5.39. The largest absolute Gasteiger partial charge is 0.447 e. The topological polar surface area (TPSA) is 44.1 Å². The smallest absolute Gasteiger partial charge is 0.435 e. The van der Waals surface area contributed by atoms with E-state index in [9.17, 15) is 35.5 Å². The number of ether oxygens (including phenoxy) is 1. The summed E-state index contributed by atoms with van der Waals surface area (Å²) in [7, 11) is 0. The van der Waals surface area contributed by atoms with Gasteiger partial charge >= 0.3 is 12.1 Å². The van der Waals surface area contributed by atoms with Crippen LogP contribution in [0, 0.1) is 0 Å². The first-order valence-electron chi connectivity index (χ1n) is 9.59. The van der Waals surface area contributed by atoms with Crippen LogP contribution in [0.2, 0.25) is 0 Å². The Bertz CT molecular complexity index is 974. The molecule has 0 aliphatic heterocycles. The lowest BCUT2D eigenvalue weighted by molar-refractivity contribution is -0.147. The standard InChI is InChI=1S/C20H17F7N2O2/c21-12-7-6-11(8-13(12)22)29-14-9-19(23,24)17(15(14)16(28-29)20(25,26)27)31-18(30)10-4-2-1-3-5-10/h1-5,11-13,17H,6-9H2/t11-,12-,13+,17+/m1/s1. The molecule has 2 aliphatic carbocycles. The van der Waals surface area contributed by atoms with Gasteiger partial charge in [-0.2, -0.15) is 18.3 Å². The van der Waals surface area contributed by atoms with Crippen LogP contribution in [-0.2, 0) is 17.3 Å². The third kappa shape index (κ3) is 3.89. The zero-order chi connectivity index (χ0) is 22.6. The number of rotatable bonds is 3. The Kier molecular flexibility index (Phi) is 5.25. The Labute approximate surface area is 172 Å². The molecule has 11 heteroatoms. The molecule has 0 bridgehead atoms. The van der Waals surface area contributed by atoms with Crippen molar-refractivity contribution in [2.24, 2.45) is 0 Å². The number of nitrogens with zero attached hydrogens (tertiary/aromatic N) is 2. The van der Waals surface area contributed by atoms with Crippen molar-refractivity contribution in [3.63, 3.8) is 0 Å². The van der Waals surface area contributed by atoms with Crippen molar-refractivity contribution in [2.45, 2.75) is 62.3 Å². The molecule has 1 aromatic heterocycles. The van der Waals surface area contributed by atoms with Gasteiger partial charge in [0.2, 0.25) is 0 Å². The average molecular weight is 450 g/mol. The fraction of sp³-hybridized carbons (Fsp3) is 0.500. The maximum Gasteiger partial charge on any atom is 0.435 e. The minimum Gasteiger partial charge on any atom is -0.447 e. The molecular formula is C20H17F7N2O2. The highest BCUT2D eigenvalue weighted by atomic mass is 19.4. The molecule has 0 radical (unpaired) electrons. The van der Waals surface area contributed by atoms with E-state index in [4.69, 9.17) is 4.74 Å². The van der Waals surface area contributed by atoms with Crippen molar-refractivity contribution in [1.29, 1.82) is 0 Å². The minimum absolute atomic E-state index is 0.0486. The fourth-order valence-corrected chi connectivity index (χ4v) is 4.15. The van der Waals surface area contributed by atoms with Gasteiger partial charge in [0.15, 0.2) is 11.8 Å². The Morgan fingerprint density at radius 2 is 1.77 bits per heavy atom. The number of alkyl halides is 7. The van der Waals surface area contributed by atoms with E-state index in [1.165, 1.54) is 24.3 Å². The second-order valence-electron chi connectivity index (χ2n) is 7.74. The molecule has 0 saturated heterocycles. The van der Waals surface area contributed by atoms with E-state index in [0.29, 0.717) is 0 Å². The molecule has 0 spiro atoms. The maximum atomic E-state index is 14.7. The fourth-order valence-electron chi connectivity index (χ4n) is 4.15. The molecule has 0 amide bonds. The summed E-state index contributed by atoms with van der Waals surface area (Å²) in [5.74, 6) is -5.03. The number of esters is 1. The summed E-state index contributed by atoms with van der Waals surface area (Å²) in [5.41, 5.74) is -3.12. The van der Waals surface area contributed by atoms with Gasteiger partial charge in [-0.05, 0) is 25.0 Å². The van der Waals surface area contributed by atoms with Gasteiger partial charge in [0, 0.05) is 6.42 Å². The molecule has 4 nitrogen and oxygen atoms in total. The summed E-state index contributed by atoms with van der Waals surface area (Å²) in [6, 6.07) is 6.01. The Hall–Kier alpha value is -2.59. The lowest BCUT2D eigenvalue weighted by Gasteiger charge is -2.28. The van der Waals surface area contributed by atoms with Gasteiger partial charge in [0.25, 0.3) is 5.92 Å². The van der Waals surface area contributed by atoms with E-state index in [2.05, 4.69) is 5.10 Å². The van der Waals surface area contributed by atoms with Gasteiger partial charge in [-0.15, -0.1) is 0 Å². The van der Waals surface area contributed by atoms with Crippen LogP contribution in [0.15, 0.2) is 30.3 Å². The predicted molar refractivity (Wildman–Crippen MR) is 93.2 cm³/mol. The first-order valence-corrected chi connectivity index (χ1v) is 9.59. The number of hydrogen-bond acceptors (Lipinski definition) is 3. The lowest BCUT2D eigenvalue weighted by Crippen LogP contribution is -2.32. The number of halogens is 7. The number of hydrogen-bond donors (Lipinski definition) is 0. The van der Waals surface area contributed by atoms with Crippen LogP contribution >= 0.6 is 0 Å². The quantitative estimate of drug-likeness (QED) is 0.465. The van der Waals surface area contributed by atoms with Crippen molar-refractivity contribution in [3.8, 4) is 0 Å². The summed E-state index contributed by atoms with van der Waals surface area (Å²) >= 11 is 0. The molecule has 4 rings (SSSR count). The average Bonchev–Trinajstić information content (AvgIpc) is 3.18. The second-order valence-corrected chi connectivity index (χ2v) is 7.74. The van der Waals surface area contributed by atoms with Gasteiger partial charge in [0.1, 0.15) is 12.3 Å². The van der Waals surface area contributed by atoms with Crippen molar-refractivity contribution in [3.05, 3.63) is 52.8 Å². The van der Waals surface area contributed by atoms with E-state index in [1.807, 2.05) is 0 Å². The monoisotopic (exact) mass is 450 g/mol. The molecule has 0 unspecified atom stereocenters. The zero-order valence-electron chi connectivity index (χ0n) is 15.9. The SMILES string of the molecule is O=C(O[C@H]1c2c(C(F)(F)F)nn([C@@H]3CC[C@@H](F)[C@@H](F)C3)c2CC1(F)F)c1ccccc1. The number of aromatic nitrogens is 2. The molecule has 1 aromatic carbocycles. The summed E-state index contributed by atoms with van der Waals surface area (Å²) in [4.78, 5) is 12.3.